The Kier molecular flexibility index (Phi) is 8.53. The van der Waals surface area contributed by atoms with Gasteiger partial charge in [0.2, 0.25) is 0 Å². The average molecular weight is 569 g/mol. The monoisotopic (exact) mass is 568 g/mol. The molecule has 0 spiro atoms. The number of nitrogens with one attached hydrogen (secondary N) is 2. The Morgan fingerprint density at radius 3 is 2.29 bits per heavy atom. The summed E-state index contributed by atoms with van der Waals surface area (Å²) in [7, 11) is 0. The fourth-order valence-corrected chi connectivity index (χ4v) is 6.21. The van der Waals surface area contributed by atoms with Gasteiger partial charge in [-0.15, -0.1) is 0 Å². The second kappa shape index (κ2) is 12.1. The molecule has 42 heavy (non-hydrogen) atoms. The zero-order valence-corrected chi connectivity index (χ0v) is 24.4. The Morgan fingerprint density at radius 2 is 1.62 bits per heavy atom. The van der Waals surface area contributed by atoms with Crippen LogP contribution in [0.3, 0.4) is 0 Å². The van der Waals surface area contributed by atoms with Crippen LogP contribution in [-0.4, -0.2) is 51.5 Å². The van der Waals surface area contributed by atoms with Crippen LogP contribution in [0.5, 0.6) is 0 Å². The Morgan fingerprint density at radius 1 is 1.00 bits per heavy atom. The Bertz CT molecular complexity index is 1430. The van der Waals surface area contributed by atoms with E-state index in [2.05, 4.69) is 10.6 Å². The van der Waals surface area contributed by atoms with Gasteiger partial charge < -0.3 is 25.6 Å². The molecular weight excluding hydrogens is 528 g/mol. The number of aliphatic hydroxyl groups is 2. The second-order valence-electron chi connectivity index (χ2n) is 12.5. The van der Waals surface area contributed by atoms with E-state index in [1.165, 1.54) is 0 Å². The van der Waals surface area contributed by atoms with Crippen LogP contribution in [-0.2, 0) is 28.8 Å². The first-order valence-corrected chi connectivity index (χ1v) is 14.6. The molecule has 4 N–H and O–H groups in total. The standard InChI is InChI=1S/C35H40N2O5/c1-34(2,3)42-33(41)37-28(18-23-12-6-4-7-13-23)30(39)21-35(20-24-14-8-5-9-15-24)32(40)27(22-36-35)31-26-17-11-10-16-25(26)19-29(31)38/h4-17,22,28-31,36,38-39H,18-21H2,1-3H3,(H,37,41)/t28-,29+,30-,31+,35-/m0/s1. The lowest BCUT2D eigenvalue weighted by molar-refractivity contribution is -0.122. The molecule has 2 aliphatic rings. The van der Waals surface area contributed by atoms with E-state index in [1.54, 1.807) is 27.0 Å². The average Bonchev–Trinajstić information content (AvgIpc) is 3.43. The molecule has 3 aromatic rings. The molecule has 5 rings (SSSR count). The van der Waals surface area contributed by atoms with Gasteiger partial charge in [0.15, 0.2) is 5.78 Å². The van der Waals surface area contributed by atoms with Crippen LogP contribution in [0.2, 0.25) is 0 Å². The smallest absolute Gasteiger partial charge is 0.407 e. The summed E-state index contributed by atoms with van der Waals surface area (Å²) in [6.07, 6.45) is 0.501. The number of rotatable bonds is 9. The van der Waals surface area contributed by atoms with Crippen molar-refractivity contribution in [1.82, 2.24) is 10.6 Å². The number of hydrogen-bond donors (Lipinski definition) is 4. The van der Waals surface area contributed by atoms with Gasteiger partial charge in [-0.1, -0.05) is 84.9 Å². The van der Waals surface area contributed by atoms with Crippen LogP contribution in [0.15, 0.2) is 96.7 Å². The van der Waals surface area contributed by atoms with Crippen LogP contribution >= 0.6 is 0 Å². The van der Waals surface area contributed by atoms with Crippen LogP contribution in [0.4, 0.5) is 4.79 Å². The van der Waals surface area contributed by atoms with Crippen molar-refractivity contribution in [1.29, 1.82) is 0 Å². The maximum atomic E-state index is 14.4. The first kappa shape index (κ1) is 29.5. The van der Waals surface area contributed by atoms with Crippen molar-refractivity contribution in [3.63, 3.8) is 0 Å². The number of Topliss-reactive ketones (excluding diaryl/α,β-unsaturated/α-hetero) is 1. The number of carbonyl (C=O) groups is 2. The molecule has 0 fully saturated rings. The molecule has 7 nitrogen and oxygen atoms in total. The molecule has 220 valence electrons. The van der Waals surface area contributed by atoms with Crippen LogP contribution in [0, 0.1) is 0 Å². The molecule has 0 saturated carbocycles. The number of alkyl carbamates (subject to hydrolysis) is 1. The highest BCUT2D eigenvalue weighted by Gasteiger charge is 2.50. The van der Waals surface area contributed by atoms with Gasteiger partial charge in [0, 0.05) is 30.5 Å². The van der Waals surface area contributed by atoms with Crippen LogP contribution in [0.1, 0.15) is 55.4 Å². The van der Waals surface area contributed by atoms with E-state index < -0.39 is 41.4 Å². The minimum absolute atomic E-state index is 0.0402. The largest absolute Gasteiger partial charge is 0.444 e. The highest BCUT2D eigenvalue weighted by Crippen LogP contribution is 2.43. The van der Waals surface area contributed by atoms with Gasteiger partial charge in [0.05, 0.1) is 18.2 Å². The molecular formula is C35H40N2O5. The third kappa shape index (κ3) is 6.58. The summed E-state index contributed by atoms with van der Waals surface area (Å²) in [5.41, 5.74) is 2.50. The van der Waals surface area contributed by atoms with Gasteiger partial charge in [0.25, 0.3) is 0 Å². The second-order valence-corrected chi connectivity index (χ2v) is 12.5. The molecule has 1 aliphatic heterocycles. The van der Waals surface area contributed by atoms with E-state index in [1.807, 2.05) is 84.9 Å². The van der Waals surface area contributed by atoms with Crippen molar-refractivity contribution in [2.24, 2.45) is 0 Å². The fourth-order valence-electron chi connectivity index (χ4n) is 6.21. The summed E-state index contributed by atoms with van der Waals surface area (Å²) in [5.74, 6) is -0.599. The number of benzene rings is 3. The van der Waals surface area contributed by atoms with Crippen LogP contribution < -0.4 is 10.6 Å². The van der Waals surface area contributed by atoms with Crippen molar-refractivity contribution in [3.05, 3.63) is 119 Å². The zero-order chi connectivity index (χ0) is 29.9. The lowest BCUT2D eigenvalue weighted by atomic mass is 9.76. The van der Waals surface area contributed by atoms with E-state index in [9.17, 15) is 19.8 Å². The molecule has 1 amide bonds. The zero-order valence-electron chi connectivity index (χ0n) is 24.4. The molecule has 7 heteroatoms. The molecule has 0 aromatic heterocycles. The molecule has 0 unspecified atom stereocenters. The summed E-state index contributed by atoms with van der Waals surface area (Å²) >= 11 is 0. The Balaban J connectivity index is 1.44. The van der Waals surface area contributed by atoms with E-state index in [0.29, 0.717) is 24.8 Å². The number of aliphatic hydroxyl groups excluding tert-OH is 2. The topological polar surface area (TPSA) is 108 Å². The quantitative estimate of drug-likeness (QED) is 0.300. The van der Waals surface area contributed by atoms with Crippen molar-refractivity contribution >= 4 is 11.9 Å². The summed E-state index contributed by atoms with van der Waals surface area (Å²) in [6.45, 7) is 5.36. The van der Waals surface area contributed by atoms with Gasteiger partial charge in [-0.2, -0.15) is 0 Å². The SMILES string of the molecule is CC(C)(C)OC(=O)N[C@@H](Cc1ccccc1)[C@@H](O)C[C@]1(Cc2ccccc2)NC=C([C@H]2c3ccccc3C[C@H]2O)C1=O. The van der Waals surface area contributed by atoms with Crippen molar-refractivity contribution in [2.75, 3.05) is 0 Å². The van der Waals surface area contributed by atoms with Gasteiger partial charge in [-0.3, -0.25) is 4.79 Å². The predicted molar refractivity (Wildman–Crippen MR) is 162 cm³/mol. The number of fused-ring (bicyclic) bond motifs is 1. The first-order chi connectivity index (χ1) is 20.0. The van der Waals surface area contributed by atoms with E-state index in [0.717, 1.165) is 22.3 Å². The molecule has 1 heterocycles. The predicted octanol–water partition coefficient (Wildman–Crippen LogP) is 4.61. The van der Waals surface area contributed by atoms with Gasteiger partial charge in [-0.05, 0) is 55.9 Å². The third-order valence-electron chi connectivity index (χ3n) is 8.11. The lowest BCUT2D eigenvalue weighted by Gasteiger charge is -2.35. The Hall–Kier alpha value is -3.94. The van der Waals surface area contributed by atoms with Crippen molar-refractivity contribution in [3.8, 4) is 0 Å². The highest BCUT2D eigenvalue weighted by atomic mass is 16.6. The maximum absolute atomic E-state index is 14.4. The first-order valence-electron chi connectivity index (χ1n) is 14.6. The summed E-state index contributed by atoms with van der Waals surface area (Å²) < 4.78 is 5.52. The van der Waals surface area contributed by atoms with Crippen molar-refractivity contribution in [2.45, 2.75) is 81.8 Å². The molecule has 1 aliphatic carbocycles. The van der Waals surface area contributed by atoms with Gasteiger partial charge >= 0.3 is 6.09 Å². The number of amides is 1. The summed E-state index contributed by atoms with van der Waals surface area (Å²) in [4.78, 5) is 27.3. The molecule has 3 aromatic carbocycles. The van der Waals surface area contributed by atoms with E-state index in [4.69, 9.17) is 4.74 Å². The molecule has 5 atom stereocenters. The van der Waals surface area contributed by atoms with Gasteiger partial charge in [0.1, 0.15) is 11.1 Å². The number of hydrogen-bond acceptors (Lipinski definition) is 6. The molecule has 0 saturated heterocycles. The fraction of sp³-hybridized carbons (Fsp3) is 0.371. The normalized spacial score (nSPS) is 23.0. The summed E-state index contributed by atoms with van der Waals surface area (Å²) in [5, 5.41) is 29.0. The lowest BCUT2D eigenvalue weighted by Crippen LogP contribution is -2.55. The van der Waals surface area contributed by atoms with Crippen LogP contribution in [0.25, 0.3) is 0 Å². The van der Waals surface area contributed by atoms with E-state index in [-0.39, 0.29) is 12.2 Å². The maximum Gasteiger partial charge on any atom is 0.407 e. The number of ketones is 1. The minimum atomic E-state index is -1.17. The third-order valence-corrected chi connectivity index (χ3v) is 8.11. The number of carbonyl (C=O) groups excluding carboxylic acids is 2. The molecule has 0 bridgehead atoms. The minimum Gasteiger partial charge on any atom is -0.444 e. The number of ether oxygens (including phenoxy) is 1. The summed E-state index contributed by atoms with van der Waals surface area (Å²) in [6, 6.07) is 26.4. The van der Waals surface area contributed by atoms with Gasteiger partial charge in [-0.25, -0.2) is 4.79 Å². The van der Waals surface area contributed by atoms with E-state index >= 15 is 0 Å². The van der Waals surface area contributed by atoms with Crippen molar-refractivity contribution < 1.29 is 24.5 Å². The Labute approximate surface area is 247 Å². The molecule has 0 radical (unpaired) electrons. The highest BCUT2D eigenvalue weighted by molar-refractivity contribution is 6.06.